The number of halogens is 1. The number of anilines is 1. The zero-order valence-corrected chi connectivity index (χ0v) is 15.5. The highest BCUT2D eigenvalue weighted by Gasteiger charge is 2.18. The van der Waals surface area contributed by atoms with E-state index in [1.165, 1.54) is 53.2 Å². The van der Waals surface area contributed by atoms with Crippen LogP contribution < -0.4 is 5.32 Å². The molecule has 7 nitrogen and oxygen atoms in total. The molecule has 1 heterocycles. The molecular weight excluding hydrogens is 387 g/mol. The van der Waals surface area contributed by atoms with Gasteiger partial charge in [0.2, 0.25) is 0 Å². The van der Waals surface area contributed by atoms with Crippen LogP contribution in [0.1, 0.15) is 10.5 Å². The third kappa shape index (κ3) is 3.93. The number of rotatable bonds is 5. The van der Waals surface area contributed by atoms with Crippen LogP contribution in [0.25, 0.3) is 16.9 Å². The van der Waals surface area contributed by atoms with Crippen molar-refractivity contribution in [1.29, 1.82) is 0 Å². The van der Waals surface area contributed by atoms with E-state index in [4.69, 9.17) is 0 Å². The van der Waals surface area contributed by atoms with Crippen LogP contribution in [-0.2, 0) is 0 Å². The Kier molecular flexibility index (Phi) is 5.04. The molecule has 30 heavy (non-hydrogen) atoms. The van der Waals surface area contributed by atoms with Gasteiger partial charge in [0.1, 0.15) is 11.5 Å². The first-order valence-corrected chi connectivity index (χ1v) is 8.98. The van der Waals surface area contributed by atoms with Crippen molar-refractivity contribution < 1.29 is 14.1 Å². The minimum Gasteiger partial charge on any atom is -0.321 e. The maximum absolute atomic E-state index is 13.1. The molecule has 1 amide bonds. The third-order valence-corrected chi connectivity index (χ3v) is 4.42. The summed E-state index contributed by atoms with van der Waals surface area (Å²) >= 11 is 0. The standard InChI is InChI=1S/C22H15FN4O3/c23-16-6-8-17(9-7-16)24-22(28)21-14-20(15-4-2-1-3-5-15)25-26(21)18-10-12-19(13-11-18)27(29)30/h1-14H,(H,24,28). The van der Waals surface area contributed by atoms with Crippen molar-refractivity contribution in [3.8, 4) is 16.9 Å². The molecular formula is C22H15FN4O3. The lowest BCUT2D eigenvalue weighted by Gasteiger charge is -2.08. The summed E-state index contributed by atoms with van der Waals surface area (Å²) in [5, 5.41) is 18.2. The summed E-state index contributed by atoms with van der Waals surface area (Å²) in [5.41, 5.74) is 2.47. The second-order valence-corrected chi connectivity index (χ2v) is 6.43. The van der Waals surface area contributed by atoms with E-state index in [-0.39, 0.29) is 11.4 Å². The summed E-state index contributed by atoms with van der Waals surface area (Å²) in [5.74, 6) is -0.857. The van der Waals surface area contributed by atoms with E-state index in [1.807, 2.05) is 30.3 Å². The number of nitrogens with one attached hydrogen (secondary N) is 1. The number of hydrogen-bond acceptors (Lipinski definition) is 4. The van der Waals surface area contributed by atoms with E-state index >= 15 is 0 Å². The number of carbonyl (C=O) groups is 1. The fraction of sp³-hybridized carbons (Fsp3) is 0. The first-order valence-electron chi connectivity index (χ1n) is 8.98. The molecule has 0 bridgehead atoms. The number of nitro groups is 1. The highest BCUT2D eigenvalue weighted by Crippen LogP contribution is 2.24. The van der Waals surface area contributed by atoms with Gasteiger partial charge in [-0.2, -0.15) is 5.10 Å². The highest BCUT2D eigenvalue weighted by atomic mass is 19.1. The van der Waals surface area contributed by atoms with Gasteiger partial charge in [0.25, 0.3) is 11.6 Å². The topological polar surface area (TPSA) is 90.1 Å². The Morgan fingerprint density at radius 2 is 1.63 bits per heavy atom. The smallest absolute Gasteiger partial charge is 0.274 e. The summed E-state index contributed by atoms with van der Waals surface area (Å²) in [6, 6.07) is 22.1. The molecule has 0 spiro atoms. The van der Waals surface area contributed by atoms with E-state index in [0.29, 0.717) is 17.1 Å². The normalized spacial score (nSPS) is 10.6. The molecule has 0 radical (unpaired) electrons. The Bertz CT molecular complexity index is 1200. The lowest BCUT2D eigenvalue weighted by atomic mass is 10.1. The number of amides is 1. The average Bonchev–Trinajstić information content (AvgIpc) is 3.22. The summed E-state index contributed by atoms with van der Waals surface area (Å²) in [4.78, 5) is 23.4. The van der Waals surface area contributed by atoms with Crippen molar-refractivity contribution in [3.63, 3.8) is 0 Å². The number of non-ortho nitro benzene ring substituents is 1. The predicted octanol–water partition coefficient (Wildman–Crippen LogP) is 4.84. The molecule has 0 aliphatic carbocycles. The molecule has 0 saturated carbocycles. The maximum Gasteiger partial charge on any atom is 0.274 e. The monoisotopic (exact) mass is 402 g/mol. The Labute approximate surface area is 170 Å². The molecule has 148 valence electrons. The molecule has 1 aromatic heterocycles. The van der Waals surface area contributed by atoms with Crippen molar-refractivity contribution in [1.82, 2.24) is 9.78 Å². The van der Waals surface area contributed by atoms with Gasteiger partial charge in [-0.05, 0) is 42.5 Å². The Morgan fingerprint density at radius 3 is 2.27 bits per heavy atom. The Morgan fingerprint density at radius 1 is 0.967 bits per heavy atom. The van der Waals surface area contributed by atoms with Crippen LogP contribution >= 0.6 is 0 Å². The lowest BCUT2D eigenvalue weighted by Crippen LogP contribution is -2.17. The molecule has 8 heteroatoms. The molecule has 4 rings (SSSR count). The summed E-state index contributed by atoms with van der Waals surface area (Å²) < 4.78 is 14.6. The van der Waals surface area contributed by atoms with Gasteiger partial charge in [0, 0.05) is 23.4 Å². The van der Waals surface area contributed by atoms with Crippen LogP contribution in [-0.4, -0.2) is 20.6 Å². The fourth-order valence-electron chi connectivity index (χ4n) is 2.93. The van der Waals surface area contributed by atoms with Crippen LogP contribution in [0.5, 0.6) is 0 Å². The zero-order valence-electron chi connectivity index (χ0n) is 15.5. The largest absolute Gasteiger partial charge is 0.321 e. The van der Waals surface area contributed by atoms with E-state index in [0.717, 1.165) is 5.56 Å². The van der Waals surface area contributed by atoms with E-state index in [9.17, 15) is 19.3 Å². The van der Waals surface area contributed by atoms with Gasteiger partial charge in [0.05, 0.1) is 16.3 Å². The van der Waals surface area contributed by atoms with Gasteiger partial charge in [-0.3, -0.25) is 14.9 Å². The van der Waals surface area contributed by atoms with E-state index in [2.05, 4.69) is 10.4 Å². The van der Waals surface area contributed by atoms with Gasteiger partial charge in [-0.25, -0.2) is 9.07 Å². The van der Waals surface area contributed by atoms with E-state index in [1.54, 1.807) is 6.07 Å². The van der Waals surface area contributed by atoms with Crippen LogP contribution in [0.3, 0.4) is 0 Å². The van der Waals surface area contributed by atoms with Gasteiger partial charge in [0.15, 0.2) is 0 Å². The quantitative estimate of drug-likeness (QED) is 0.382. The van der Waals surface area contributed by atoms with Crippen molar-refractivity contribution in [3.05, 3.63) is 107 Å². The SMILES string of the molecule is O=C(Nc1ccc(F)cc1)c1cc(-c2ccccc2)nn1-c1ccc([N+](=O)[O-])cc1. The molecule has 3 aromatic carbocycles. The fourth-order valence-corrected chi connectivity index (χ4v) is 2.93. The summed E-state index contributed by atoms with van der Waals surface area (Å²) in [6.45, 7) is 0. The molecule has 4 aromatic rings. The maximum atomic E-state index is 13.1. The molecule has 0 saturated heterocycles. The number of hydrogen-bond donors (Lipinski definition) is 1. The highest BCUT2D eigenvalue weighted by molar-refractivity contribution is 6.04. The lowest BCUT2D eigenvalue weighted by molar-refractivity contribution is -0.384. The zero-order chi connectivity index (χ0) is 21.1. The second kappa shape index (κ2) is 7.96. The second-order valence-electron chi connectivity index (χ2n) is 6.43. The van der Waals surface area contributed by atoms with Crippen LogP contribution in [0.2, 0.25) is 0 Å². The minimum atomic E-state index is -0.496. The molecule has 0 aliphatic heterocycles. The molecule has 0 aliphatic rings. The van der Waals surface area contributed by atoms with Crippen molar-refractivity contribution in [2.45, 2.75) is 0 Å². The number of aromatic nitrogens is 2. The van der Waals surface area contributed by atoms with Gasteiger partial charge in [-0.15, -0.1) is 0 Å². The van der Waals surface area contributed by atoms with Crippen LogP contribution in [0.4, 0.5) is 15.8 Å². The van der Waals surface area contributed by atoms with Gasteiger partial charge in [-0.1, -0.05) is 30.3 Å². The Balaban J connectivity index is 1.75. The van der Waals surface area contributed by atoms with E-state index < -0.39 is 16.6 Å². The number of nitro benzene ring substituents is 1. The number of benzene rings is 3. The minimum absolute atomic E-state index is 0.0634. The summed E-state index contributed by atoms with van der Waals surface area (Å²) in [7, 11) is 0. The number of nitrogens with zero attached hydrogens (tertiary/aromatic N) is 3. The average molecular weight is 402 g/mol. The first kappa shape index (κ1) is 19.0. The molecule has 0 unspecified atom stereocenters. The van der Waals surface area contributed by atoms with Gasteiger partial charge >= 0.3 is 0 Å². The molecule has 0 fully saturated rings. The van der Waals surface area contributed by atoms with Crippen molar-refractivity contribution in [2.24, 2.45) is 0 Å². The summed E-state index contributed by atoms with van der Waals surface area (Å²) in [6.07, 6.45) is 0. The van der Waals surface area contributed by atoms with Crippen molar-refractivity contribution in [2.75, 3.05) is 5.32 Å². The molecule has 1 N–H and O–H groups in total. The van der Waals surface area contributed by atoms with Crippen LogP contribution in [0, 0.1) is 15.9 Å². The van der Waals surface area contributed by atoms with Crippen LogP contribution in [0.15, 0.2) is 84.9 Å². The molecule has 0 atom stereocenters. The van der Waals surface area contributed by atoms with Crippen molar-refractivity contribution >= 4 is 17.3 Å². The first-order chi connectivity index (χ1) is 14.5. The van der Waals surface area contributed by atoms with Gasteiger partial charge < -0.3 is 5.32 Å². The predicted molar refractivity (Wildman–Crippen MR) is 110 cm³/mol. The number of carbonyl (C=O) groups excluding carboxylic acids is 1. The third-order valence-electron chi connectivity index (χ3n) is 4.42. The Hall–Kier alpha value is -4.33.